The third kappa shape index (κ3) is 2.66. The summed E-state index contributed by atoms with van der Waals surface area (Å²) in [6, 6.07) is 0.632. The van der Waals surface area contributed by atoms with E-state index in [9.17, 15) is 0 Å². The Kier molecular flexibility index (Phi) is 3.93. The van der Waals surface area contributed by atoms with Crippen molar-refractivity contribution in [1.29, 1.82) is 0 Å². The van der Waals surface area contributed by atoms with Crippen LogP contribution in [0, 0.1) is 5.41 Å². The molecule has 0 spiro atoms. The van der Waals surface area contributed by atoms with Crippen LogP contribution in [0.4, 0.5) is 0 Å². The number of thioether (sulfide) groups is 1. The fourth-order valence-corrected chi connectivity index (χ4v) is 4.32. The van der Waals surface area contributed by atoms with E-state index >= 15 is 0 Å². The van der Waals surface area contributed by atoms with E-state index in [0.29, 0.717) is 16.2 Å². The van der Waals surface area contributed by atoms with Gasteiger partial charge in [-0.25, -0.2) is 0 Å². The predicted molar refractivity (Wildman–Crippen MR) is 67.0 cm³/mol. The first kappa shape index (κ1) is 12.4. The maximum atomic E-state index is 3.68. The standard InChI is InChI=1S/C12H25NS/c1-6-13-10(11(2,3)4)12(5)8-7-9-14-12/h10,13H,6-9H2,1-5H3. The fraction of sp³-hybridized carbons (Fsp3) is 1.00. The zero-order chi connectivity index (χ0) is 10.8. The number of rotatable bonds is 3. The van der Waals surface area contributed by atoms with Crippen molar-refractivity contribution in [3.05, 3.63) is 0 Å². The predicted octanol–water partition coefficient (Wildman–Crippen LogP) is 3.30. The van der Waals surface area contributed by atoms with E-state index < -0.39 is 0 Å². The maximum absolute atomic E-state index is 3.68. The van der Waals surface area contributed by atoms with Gasteiger partial charge in [0.2, 0.25) is 0 Å². The summed E-state index contributed by atoms with van der Waals surface area (Å²) < 4.78 is 0.453. The molecule has 0 aliphatic carbocycles. The molecule has 1 aliphatic rings. The van der Waals surface area contributed by atoms with Gasteiger partial charge in [0, 0.05) is 10.8 Å². The van der Waals surface area contributed by atoms with E-state index in [1.165, 1.54) is 18.6 Å². The van der Waals surface area contributed by atoms with Crippen molar-refractivity contribution in [2.75, 3.05) is 12.3 Å². The van der Waals surface area contributed by atoms with E-state index in [2.05, 4.69) is 51.7 Å². The zero-order valence-corrected chi connectivity index (χ0v) is 11.1. The molecule has 1 fully saturated rings. The normalized spacial score (nSPS) is 30.6. The highest BCUT2D eigenvalue weighted by Gasteiger charge is 2.43. The second-order valence-electron chi connectivity index (χ2n) is 5.62. The fourth-order valence-electron chi connectivity index (χ4n) is 2.67. The molecule has 1 rings (SSSR count). The van der Waals surface area contributed by atoms with Gasteiger partial charge >= 0.3 is 0 Å². The quantitative estimate of drug-likeness (QED) is 0.775. The molecule has 0 bridgehead atoms. The summed E-state index contributed by atoms with van der Waals surface area (Å²) in [5.74, 6) is 1.34. The third-order valence-electron chi connectivity index (χ3n) is 3.13. The van der Waals surface area contributed by atoms with Crippen molar-refractivity contribution in [3.63, 3.8) is 0 Å². The Hall–Kier alpha value is 0.310. The van der Waals surface area contributed by atoms with Crippen LogP contribution in [0.25, 0.3) is 0 Å². The second kappa shape index (κ2) is 4.44. The lowest BCUT2D eigenvalue weighted by molar-refractivity contribution is 0.222. The van der Waals surface area contributed by atoms with Gasteiger partial charge < -0.3 is 5.32 Å². The van der Waals surface area contributed by atoms with Crippen LogP contribution in [0.1, 0.15) is 47.5 Å². The third-order valence-corrected chi connectivity index (χ3v) is 4.73. The van der Waals surface area contributed by atoms with Crippen molar-refractivity contribution >= 4 is 11.8 Å². The van der Waals surface area contributed by atoms with Crippen LogP contribution in [0.5, 0.6) is 0 Å². The van der Waals surface area contributed by atoms with Crippen molar-refractivity contribution < 1.29 is 0 Å². The van der Waals surface area contributed by atoms with Crippen LogP contribution in [-0.2, 0) is 0 Å². The van der Waals surface area contributed by atoms with Gasteiger partial charge in [-0.05, 0) is 37.5 Å². The number of nitrogens with one attached hydrogen (secondary N) is 1. The van der Waals surface area contributed by atoms with Crippen molar-refractivity contribution in [2.45, 2.75) is 58.2 Å². The molecule has 2 heteroatoms. The Bertz CT molecular complexity index is 177. The Balaban J connectivity index is 2.75. The van der Waals surface area contributed by atoms with Gasteiger partial charge in [0.15, 0.2) is 0 Å². The average molecular weight is 215 g/mol. The molecule has 14 heavy (non-hydrogen) atoms. The van der Waals surface area contributed by atoms with Gasteiger partial charge in [0.25, 0.3) is 0 Å². The SMILES string of the molecule is CCNC(C(C)(C)C)C1(C)CCCS1. The van der Waals surface area contributed by atoms with Gasteiger partial charge in [0.05, 0.1) is 0 Å². The summed E-state index contributed by atoms with van der Waals surface area (Å²) in [5.41, 5.74) is 0.363. The molecule has 0 aromatic carbocycles. The molecule has 0 radical (unpaired) electrons. The molecule has 1 heterocycles. The summed E-state index contributed by atoms with van der Waals surface area (Å²) >= 11 is 2.16. The molecular formula is C12H25NS. The molecular weight excluding hydrogens is 190 g/mol. The Morgan fingerprint density at radius 2 is 2.07 bits per heavy atom. The first-order chi connectivity index (χ1) is 6.40. The minimum atomic E-state index is 0.363. The molecule has 0 aromatic heterocycles. The second-order valence-corrected chi connectivity index (χ2v) is 7.25. The average Bonchev–Trinajstić information content (AvgIpc) is 2.46. The van der Waals surface area contributed by atoms with Crippen LogP contribution in [0.3, 0.4) is 0 Å². The minimum Gasteiger partial charge on any atom is -0.312 e. The molecule has 0 amide bonds. The van der Waals surface area contributed by atoms with Gasteiger partial charge in [-0.15, -0.1) is 0 Å². The van der Waals surface area contributed by atoms with Crippen molar-refractivity contribution in [2.24, 2.45) is 5.41 Å². The van der Waals surface area contributed by atoms with Crippen LogP contribution in [-0.4, -0.2) is 23.1 Å². The molecule has 0 aromatic rings. The summed E-state index contributed by atoms with van der Waals surface area (Å²) in [5, 5.41) is 3.68. The van der Waals surface area contributed by atoms with Crippen LogP contribution >= 0.6 is 11.8 Å². The summed E-state index contributed by atoms with van der Waals surface area (Å²) in [6.45, 7) is 12.8. The van der Waals surface area contributed by atoms with Gasteiger partial charge in [0.1, 0.15) is 0 Å². The van der Waals surface area contributed by atoms with Crippen LogP contribution in [0.15, 0.2) is 0 Å². The highest BCUT2D eigenvalue weighted by molar-refractivity contribution is 8.00. The molecule has 1 N–H and O–H groups in total. The molecule has 1 aliphatic heterocycles. The zero-order valence-electron chi connectivity index (χ0n) is 10.3. The maximum Gasteiger partial charge on any atom is 0.0290 e. The summed E-state index contributed by atoms with van der Waals surface area (Å²) in [6.07, 6.45) is 2.76. The van der Waals surface area contributed by atoms with Crippen LogP contribution in [0.2, 0.25) is 0 Å². The van der Waals surface area contributed by atoms with Crippen LogP contribution < -0.4 is 5.32 Å². The van der Waals surface area contributed by atoms with Crippen molar-refractivity contribution in [1.82, 2.24) is 5.32 Å². The lowest BCUT2D eigenvalue weighted by Crippen LogP contribution is -2.53. The molecule has 1 nitrogen and oxygen atoms in total. The molecule has 84 valence electrons. The number of hydrogen-bond acceptors (Lipinski definition) is 2. The smallest absolute Gasteiger partial charge is 0.0290 e. The number of hydrogen-bond donors (Lipinski definition) is 1. The minimum absolute atomic E-state index is 0.363. The lowest BCUT2D eigenvalue weighted by Gasteiger charge is -2.42. The summed E-state index contributed by atoms with van der Waals surface area (Å²) in [4.78, 5) is 0. The largest absolute Gasteiger partial charge is 0.312 e. The molecule has 2 unspecified atom stereocenters. The van der Waals surface area contributed by atoms with Crippen molar-refractivity contribution in [3.8, 4) is 0 Å². The van der Waals surface area contributed by atoms with E-state index in [1.54, 1.807) is 0 Å². The highest BCUT2D eigenvalue weighted by atomic mass is 32.2. The van der Waals surface area contributed by atoms with E-state index in [0.717, 1.165) is 6.54 Å². The summed E-state index contributed by atoms with van der Waals surface area (Å²) in [7, 11) is 0. The van der Waals surface area contributed by atoms with Gasteiger partial charge in [-0.3, -0.25) is 0 Å². The van der Waals surface area contributed by atoms with Gasteiger partial charge in [-0.1, -0.05) is 27.7 Å². The molecule has 1 saturated heterocycles. The monoisotopic (exact) mass is 215 g/mol. The highest BCUT2D eigenvalue weighted by Crippen LogP contribution is 2.45. The first-order valence-electron chi connectivity index (χ1n) is 5.77. The van der Waals surface area contributed by atoms with E-state index in [1.807, 2.05) is 0 Å². The Morgan fingerprint density at radius 1 is 1.43 bits per heavy atom. The van der Waals surface area contributed by atoms with E-state index in [-0.39, 0.29) is 0 Å². The van der Waals surface area contributed by atoms with Gasteiger partial charge in [-0.2, -0.15) is 11.8 Å². The Morgan fingerprint density at radius 3 is 2.43 bits per heavy atom. The lowest BCUT2D eigenvalue weighted by atomic mass is 9.77. The molecule has 2 atom stereocenters. The molecule has 0 saturated carbocycles. The topological polar surface area (TPSA) is 12.0 Å². The first-order valence-corrected chi connectivity index (χ1v) is 6.76. The van der Waals surface area contributed by atoms with E-state index in [4.69, 9.17) is 0 Å². The Labute approximate surface area is 93.4 Å².